The van der Waals surface area contributed by atoms with Crippen molar-refractivity contribution in [3.8, 4) is 10.6 Å². The van der Waals surface area contributed by atoms with E-state index in [2.05, 4.69) is 14.8 Å². The second-order valence-corrected chi connectivity index (χ2v) is 6.95. The minimum absolute atomic E-state index is 0.0960. The van der Waals surface area contributed by atoms with Crippen LogP contribution in [-0.4, -0.2) is 14.8 Å². The van der Waals surface area contributed by atoms with E-state index in [0.29, 0.717) is 21.7 Å². The molecule has 2 aromatic rings. The van der Waals surface area contributed by atoms with Crippen LogP contribution in [-0.2, 0) is 12.8 Å². The third kappa shape index (κ3) is 2.09. The van der Waals surface area contributed by atoms with Gasteiger partial charge in [-0.3, -0.25) is 4.79 Å². The molecule has 0 bridgehead atoms. The number of anilines is 1. The molecule has 0 aliphatic heterocycles. The number of nitrogens with zero attached hydrogens (tertiary/aromatic N) is 3. The SMILES string of the molecule is Nc1nnc(-c2cc3c(n(C4CCCC4)c2=O)CCC3)s1. The average Bonchev–Trinajstić information content (AvgIpc) is 3.18. The molecular formula is C15H18N4OS. The monoisotopic (exact) mass is 302 g/mol. The van der Waals surface area contributed by atoms with Crippen molar-refractivity contribution in [2.24, 2.45) is 0 Å². The van der Waals surface area contributed by atoms with E-state index in [4.69, 9.17) is 5.73 Å². The van der Waals surface area contributed by atoms with Crippen molar-refractivity contribution in [2.75, 3.05) is 5.73 Å². The van der Waals surface area contributed by atoms with Gasteiger partial charge >= 0.3 is 0 Å². The molecule has 0 radical (unpaired) electrons. The largest absolute Gasteiger partial charge is 0.374 e. The number of nitrogens with two attached hydrogens (primary N) is 1. The van der Waals surface area contributed by atoms with E-state index in [0.717, 1.165) is 32.1 Å². The second-order valence-electron chi connectivity index (χ2n) is 5.94. The molecule has 2 heterocycles. The van der Waals surface area contributed by atoms with Crippen LogP contribution >= 0.6 is 11.3 Å². The van der Waals surface area contributed by atoms with Crippen LogP contribution in [0.1, 0.15) is 49.4 Å². The van der Waals surface area contributed by atoms with Crippen LogP contribution in [0, 0.1) is 0 Å². The predicted molar refractivity (Wildman–Crippen MR) is 83.5 cm³/mol. The topological polar surface area (TPSA) is 73.8 Å². The highest BCUT2D eigenvalue weighted by molar-refractivity contribution is 7.18. The van der Waals surface area contributed by atoms with Gasteiger partial charge < -0.3 is 10.3 Å². The lowest BCUT2D eigenvalue weighted by atomic mass is 10.1. The molecule has 0 amide bonds. The molecule has 0 aromatic carbocycles. The minimum Gasteiger partial charge on any atom is -0.374 e. The van der Waals surface area contributed by atoms with Gasteiger partial charge in [0.2, 0.25) is 5.13 Å². The molecule has 2 aromatic heterocycles. The lowest BCUT2D eigenvalue weighted by Gasteiger charge is -2.19. The van der Waals surface area contributed by atoms with Crippen LogP contribution in [0.25, 0.3) is 10.6 Å². The fourth-order valence-electron chi connectivity index (χ4n) is 3.72. The second kappa shape index (κ2) is 4.94. The summed E-state index contributed by atoms with van der Waals surface area (Å²) in [6.07, 6.45) is 7.91. The Kier molecular flexibility index (Phi) is 3.06. The van der Waals surface area contributed by atoms with Gasteiger partial charge in [-0.1, -0.05) is 24.2 Å². The van der Waals surface area contributed by atoms with Gasteiger partial charge in [-0.25, -0.2) is 0 Å². The van der Waals surface area contributed by atoms with Crippen molar-refractivity contribution in [1.82, 2.24) is 14.8 Å². The molecule has 2 aliphatic carbocycles. The Morgan fingerprint density at radius 3 is 2.71 bits per heavy atom. The van der Waals surface area contributed by atoms with Crippen LogP contribution in [0.4, 0.5) is 5.13 Å². The zero-order valence-electron chi connectivity index (χ0n) is 11.8. The van der Waals surface area contributed by atoms with E-state index in [-0.39, 0.29) is 5.56 Å². The van der Waals surface area contributed by atoms with Crippen LogP contribution in [0.15, 0.2) is 10.9 Å². The Morgan fingerprint density at radius 2 is 2.00 bits per heavy atom. The molecule has 1 saturated carbocycles. The standard InChI is InChI=1S/C15H18N4OS/c16-15-18-17-13(21-15)11-8-9-4-3-7-12(9)19(14(11)20)10-5-1-2-6-10/h8,10H,1-7H2,(H2,16,18). The summed E-state index contributed by atoms with van der Waals surface area (Å²) in [5, 5.41) is 8.99. The minimum atomic E-state index is 0.0960. The van der Waals surface area contributed by atoms with E-state index in [1.807, 2.05) is 6.07 Å². The summed E-state index contributed by atoms with van der Waals surface area (Å²) >= 11 is 1.29. The van der Waals surface area contributed by atoms with Gasteiger partial charge in [-0.15, -0.1) is 10.2 Å². The summed E-state index contributed by atoms with van der Waals surface area (Å²) in [6, 6.07) is 2.39. The third-order valence-corrected chi connectivity index (χ3v) is 5.44. The molecule has 21 heavy (non-hydrogen) atoms. The van der Waals surface area contributed by atoms with Crippen molar-refractivity contribution in [3.63, 3.8) is 0 Å². The summed E-state index contributed by atoms with van der Waals surface area (Å²) in [5.74, 6) is 0. The van der Waals surface area contributed by atoms with E-state index < -0.39 is 0 Å². The Bertz CT molecular complexity index is 743. The third-order valence-electron chi connectivity index (χ3n) is 4.65. The van der Waals surface area contributed by atoms with E-state index >= 15 is 0 Å². The van der Waals surface area contributed by atoms with Gasteiger partial charge in [0.1, 0.15) is 0 Å². The van der Waals surface area contributed by atoms with Crippen molar-refractivity contribution in [1.29, 1.82) is 0 Å². The van der Waals surface area contributed by atoms with Gasteiger partial charge in [0, 0.05) is 11.7 Å². The van der Waals surface area contributed by atoms with Gasteiger partial charge in [0.05, 0.1) is 5.56 Å². The fourth-order valence-corrected chi connectivity index (χ4v) is 4.33. The summed E-state index contributed by atoms with van der Waals surface area (Å²) in [6.45, 7) is 0. The smallest absolute Gasteiger partial charge is 0.261 e. The predicted octanol–water partition coefficient (Wildman–Crippen LogP) is 2.55. The van der Waals surface area contributed by atoms with Crippen LogP contribution in [0.2, 0.25) is 0 Å². The van der Waals surface area contributed by atoms with Crippen LogP contribution in [0.3, 0.4) is 0 Å². The molecular weight excluding hydrogens is 284 g/mol. The quantitative estimate of drug-likeness (QED) is 0.925. The summed E-state index contributed by atoms with van der Waals surface area (Å²) < 4.78 is 2.07. The average molecular weight is 302 g/mol. The highest BCUT2D eigenvalue weighted by Crippen LogP contribution is 2.34. The zero-order valence-corrected chi connectivity index (χ0v) is 12.7. The molecule has 6 heteroatoms. The molecule has 0 atom stereocenters. The lowest BCUT2D eigenvalue weighted by molar-refractivity contribution is 0.486. The number of aryl methyl sites for hydroxylation is 1. The highest BCUT2D eigenvalue weighted by Gasteiger charge is 2.27. The molecule has 0 spiro atoms. The maximum Gasteiger partial charge on any atom is 0.261 e. The molecule has 2 N–H and O–H groups in total. The first-order valence-electron chi connectivity index (χ1n) is 7.60. The first-order valence-corrected chi connectivity index (χ1v) is 8.42. The van der Waals surface area contributed by atoms with Gasteiger partial charge in [-0.2, -0.15) is 0 Å². The number of aromatic nitrogens is 3. The maximum atomic E-state index is 13.0. The molecule has 2 aliphatic rings. The maximum absolute atomic E-state index is 13.0. The van der Waals surface area contributed by atoms with Crippen molar-refractivity contribution >= 4 is 16.5 Å². The Hall–Kier alpha value is -1.69. The summed E-state index contributed by atoms with van der Waals surface area (Å²) in [7, 11) is 0. The van der Waals surface area contributed by atoms with E-state index in [9.17, 15) is 4.79 Å². The highest BCUT2D eigenvalue weighted by atomic mass is 32.1. The Labute approximate surface area is 126 Å². The lowest BCUT2D eigenvalue weighted by Crippen LogP contribution is -2.28. The number of fused-ring (bicyclic) bond motifs is 1. The number of nitrogen functional groups attached to an aromatic ring is 1. The van der Waals surface area contributed by atoms with E-state index in [1.54, 1.807) is 0 Å². The summed E-state index contributed by atoms with van der Waals surface area (Å²) in [4.78, 5) is 13.0. The Morgan fingerprint density at radius 1 is 1.19 bits per heavy atom. The van der Waals surface area contributed by atoms with Crippen LogP contribution < -0.4 is 11.3 Å². The van der Waals surface area contributed by atoms with Crippen molar-refractivity contribution in [2.45, 2.75) is 51.0 Å². The van der Waals surface area contributed by atoms with Crippen LogP contribution in [0.5, 0.6) is 0 Å². The zero-order chi connectivity index (χ0) is 14.4. The normalized spacial score (nSPS) is 18.3. The summed E-state index contributed by atoms with van der Waals surface area (Å²) in [5.41, 5.74) is 9.02. The first-order chi connectivity index (χ1) is 10.2. The number of hydrogen-bond acceptors (Lipinski definition) is 5. The molecule has 110 valence electrons. The molecule has 1 fully saturated rings. The number of hydrogen-bond donors (Lipinski definition) is 1. The number of rotatable bonds is 2. The van der Waals surface area contributed by atoms with Gasteiger partial charge in [-0.05, 0) is 43.7 Å². The van der Waals surface area contributed by atoms with Crippen molar-refractivity contribution < 1.29 is 0 Å². The number of pyridine rings is 1. The fraction of sp³-hybridized carbons (Fsp3) is 0.533. The van der Waals surface area contributed by atoms with E-state index in [1.165, 1.54) is 35.4 Å². The van der Waals surface area contributed by atoms with Gasteiger partial charge in [0.15, 0.2) is 5.01 Å². The Balaban J connectivity index is 1.93. The molecule has 5 nitrogen and oxygen atoms in total. The molecule has 4 rings (SSSR count). The first kappa shape index (κ1) is 13.0. The van der Waals surface area contributed by atoms with Crippen molar-refractivity contribution in [3.05, 3.63) is 27.7 Å². The molecule has 0 unspecified atom stereocenters. The van der Waals surface area contributed by atoms with Gasteiger partial charge in [0.25, 0.3) is 5.56 Å². The molecule has 0 saturated heterocycles.